The maximum Gasteiger partial charge on any atom is 0.0979 e. The fraction of sp³-hybridized carbons (Fsp3) is 0.0612. The van der Waals surface area contributed by atoms with Crippen molar-refractivity contribution in [1.82, 2.24) is 9.97 Å². The Labute approximate surface area is 303 Å². The highest BCUT2D eigenvalue weighted by Gasteiger charge is 2.35. The van der Waals surface area contributed by atoms with E-state index in [1.807, 2.05) is 12.1 Å². The summed E-state index contributed by atoms with van der Waals surface area (Å²) in [5.41, 5.74) is 14.3. The molecule has 0 unspecified atom stereocenters. The lowest BCUT2D eigenvalue weighted by Gasteiger charge is -2.27. The second kappa shape index (κ2) is 11.8. The van der Waals surface area contributed by atoms with Gasteiger partial charge in [0, 0.05) is 39.0 Å². The summed E-state index contributed by atoms with van der Waals surface area (Å²) in [6.07, 6.45) is 0. The fourth-order valence-electron chi connectivity index (χ4n) is 8.25. The molecule has 0 spiro atoms. The molecule has 0 bridgehead atoms. The van der Waals surface area contributed by atoms with Crippen LogP contribution in [0.15, 0.2) is 176 Å². The molecular weight excluding hydrogens is 631 g/mol. The van der Waals surface area contributed by atoms with Crippen LogP contribution in [-0.2, 0) is 5.41 Å². The molecule has 3 heteroatoms. The summed E-state index contributed by atoms with van der Waals surface area (Å²) in [5, 5.41) is 4.56. The lowest BCUT2D eigenvalue weighted by atomic mass is 9.82. The normalized spacial score (nSPS) is 13.0. The Hall–Kier alpha value is -6.58. The summed E-state index contributed by atoms with van der Waals surface area (Å²) in [4.78, 5) is 13.2. The van der Waals surface area contributed by atoms with E-state index in [9.17, 15) is 0 Å². The molecule has 52 heavy (non-hydrogen) atoms. The molecule has 0 fully saturated rings. The maximum absolute atomic E-state index is 5.49. The maximum atomic E-state index is 5.49. The summed E-state index contributed by atoms with van der Waals surface area (Å²) in [7, 11) is 0. The Bertz CT molecular complexity index is 2810. The number of para-hydroxylation sites is 1. The highest BCUT2D eigenvalue weighted by Crippen LogP contribution is 2.51. The van der Waals surface area contributed by atoms with Crippen molar-refractivity contribution in [3.63, 3.8) is 0 Å². The van der Waals surface area contributed by atoms with E-state index in [-0.39, 0.29) is 5.41 Å². The van der Waals surface area contributed by atoms with E-state index in [0.717, 1.165) is 72.2 Å². The van der Waals surface area contributed by atoms with Crippen LogP contribution in [0.2, 0.25) is 0 Å². The topological polar surface area (TPSA) is 29.0 Å². The molecule has 0 radical (unpaired) electrons. The summed E-state index contributed by atoms with van der Waals surface area (Å²) in [6.45, 7) is 4.67. The molecule has 0 aliphatic heterocycles. The third-order valence-electron chi connectivity index (χ3n) is 10.8. The molecule has 3 nitrogen and oxygen atoms in total. The van der Waals surface area contributed by atoms with Crippen LogP contribution in [0.1, 0.15) is 25.0 Å². The average Bonchev–Trinajstić information content (AvgIpc) is 3.43. The summed E-state index contributed by atoms with van der Waals surface area (Å²) in [6, 6.07) is 62.9. The number of fused-ring (bicyclic) bond motifs is 8. The van der Waals surface area contributed by atoms with E-state index in [4.69, 9.17) is 9.97 Å². The lowest BCUT2D eigenvalue weighted by Crippen LogP contribution is -2.15. The first-order valence-corrected chi connectivity index (χ1v) is 17.9. The highest BCUT2D eigenvalue weighted by atomic mass is 15.1. The Morgan fingerprint density at radius 1 is 0.442 bits per heavy atom. The summed E-state index contributed by atoms with van der Waals surface area (Å²) >= 11 is 0. The standard InChI is InChI=1S/C49H35N3/c1-49(2)42-21-13-12-20-39(42)41-31-38(27-28-43(41)49)52(36-18-10-5-11-19-36)37-26-24-32-22-23-33-25-29-44-48(45(33)40(32)30-37)51-47(35-16-8-4-9-17-35)46(50-44)34-14-6-3-7-15-34/h3-31H,1-2H3. The number of hydrogen-bond donors (Lipinski definition) is 0. The predicted octanol–water partition coefficient (Wildman–Crippen LogP) is 13.0. The number of nitrogens with zero attached hydrogens (tertiary/aromatic N) is 3. The first kappa shape index (κ1) is 30.3. The number of rotatable bonds is 5. The zero-order valence-electron chi connectivity index (χ0n) is 29.1. The SMILES string of the molecule is CC1(C)c2ccccc2-c2cc(N(c3ccccc3)c3ccc4ccc5ccc6nc(-c7ccccc7)c(-c7ccccc7)nc6c5c4c3)ccc21. The van der Waals surface area contributed by atoms with Gasteiger partial charge in [-0.25, -0.2) is 9.97 Å². The summed E-state index contributed by atoms with van der Waals surface area (Å²) < 4.78 is 0. The van der Waals surface area contributed by atoms with Gasteiger partial charge in [-0.1, -0.05) is 147 Å². The molecule has 246 valence electrons. The van der Waals surface area contributed by atoms with E-state index in [1.165, 1.54) is 22.3 Å². The van der Waals surface area contributed by atoms with E-state index < -0.39 is 0 Å². The molecule has 10 rings (SSSR count). The molecule has 1 heterocycles. The van der Waals surface area contributed by atoms with E-state index in [1.54, 1.807) is 0 Å². The smallest absolute Gasteiger partial charge is 0.0979 e. The van der Waals surface area contributed by atoms with E-state index in [2.05, 4.69) is 183 Å². The van der Waals surface area contributed by atoms with Gasteiger partial charge in [-0.05, 0) is 80.9 Å². The molecule has 0 atom stereocenters. The minimum Gasteiger partial charge on any atom is -0.310 e. The van der Waals surface area contributed by atoms with Crippen LogP contribution in [0.3, 0.4) is 0 Å². The fourth-order valence-corrected chi connectivity index (χ4v) is 8.25. The second-order valence-corrected chi connectivity index (χ2v) is 14.2. The zero-order valence-corrected chi connectivity index (χ0v) is 29.1. The Morgan fingerprint density at radius 2 is 1.00 bits per heavy atom. The van der Waals surface area contributed by atoms with Gasteiger partial charge in [0.2, 0.25) is 0 Å². The summed E-state index contributed by atoms with van der Waals surface area (Å²) in [5.74, 6) is 0. The third kappa shape index (κ3) is 4.74. The van der Waals surface area contributed by atoms with Crippen LogP contribution in [0.4, 0.5) is 17.1 Å². The van der Waals surface area contributed by atoms with Crippen LogP contribution < -0.4 is 4.90 Å². The molecule has 0 amide bonds. The molecular formula is C49H35N3. The lowest BCUT2D eigenvalue weighted by molar-refractivity contribution is 0.660. The second-order valence-electron chi connectivity index (χ2n) is 14.2. The molecule has 9 aromatic rings. The van der Waals surface area contributed by atoms with E-state index >= 15 is 0 Å². The molecule has 1 aromatic heterocycles. The van der Waals surface area contributed by atoms with Gasteiger partial charge in [-0.15, -0.1) is 0 Å². The molecule has 1 aliphatic rings. The van der Waals surface area contributed by atoms with Crippen LogP contribution in [0, 0.1) is 0 Å². The molecule has 0 N–H and O–H groups in total. The van der Waals surface area contributed by atoms with Gasteiger partial charge in [-0.3, -0.25) is 0 Å². The number of benzene rings is 8. The Kier molecular flexibility index (Phi) is 6.84. The van der Waals surface area contributed by atoms with Crippen molar-refractivity contribution < 1.29 is 0 Å². The van der Waals surface area contributed by atoms with Crippen molar-refractivity contribution >= 4 is 49.6 Å². The minimum absolute atomic E-state index is 0.0506. The quantitative estimate of drug-likeness (QED) is 0.171. The highest BCUT2D eigenvalue weighted by molar-refractivity contribution is 6.19. The van der Waals surface area contributed by atoms with Gasteiger partial charge in [0.1, 0.15) is 0 Å². The molecule has 1 aliphatic carbocycles. The number of aromatic nitrogens is 2. The molecule has 0 saturated heterocycles. The van der Waals surface area contributed by atoms with Crippen molar-refractivity contribution in [2.45, 2.75) is 19.3 Å². The first-order chi connectivity index (χ1) is 25.5. The average molecular weight is 666 g/mol. The van der Waals surface area contributed by atoms with Gasteiger partial charge in [0.05, 0.1) is 22.4 Å². The largest absolute Gasteiger partial charge is 0.310 e. The van der Waals surface area contributed by atoms with E-state index in [0.29, 0.717) is 0 Å². The minimum atomic E-state index is -0.0506. The number of hydrogen-bond acceptors (Lipinski definition) is 3. The number of anilines is 3. The van der Waals surface area contributed by atoms with Crippen LogP contribution >= 0.6 is 0 Å². The Morgan fingerprint density at radius 3 is 1.75 bits per heavy atom. The van der Waals surface area contributed by atoms with Gasteiger partial charge >= 0.3 is 0 Å². The monoisotopic (exact) mass is 665 g/mol. The van der Waals surface area contributed by atoms with Gasteiger partial charge < -0.3 is 4.90 Å². The van der Waals surface area contributed by atoms with Crippen molar-refractivity contribution in [2.24, 2.45) is 0 Å². The van der Waals surface area contributed by atoms with Crippen molar-refractivity contribution in [3.05, 3.63) is 187 Å². The van der Waals surface area contributed by atoms with Crippen molar-refractivity contribution in [3.8, 4) is 33.6 Å². The zero-order chi connectivity index (χ0) is 34.8. The molecule has 0 saturated carbocycles. The van der Waals surface area contributed by atoms with Crippen molar-refractivity contribution in [2.75, 3.05) is 4.90 Å². The molecule has 8 aromatic carbocycles. The predicted molar refractivity (Wildman–Crippen MR) is 218 cm³/mol. The third-order valence-corrected chi connectivity index (χ3v) is 10.8. The van der Waals surface area contributed by atoms with Crippen LogP contribution in [0.5, 0.6) is 0 Å². The first-order valence-electron chi connectivity index (χ1n) is 17.9. The Balaban J connectivity index is 1.22. The van der Waals surface area contributed by atoms with Gasteiger partial charge in [-0.2, -0.15) is 0 Å². The van der Waals surface area contributed by atoms with Gasteiger partial charge in [0.25, 0.3) is 0 Å². The van der Waals surface area contributed by atoms with Gasteiger partial charge in [0.15, 0.2) is 0 Å². The van der Waals surface area contributed by atoms with Crippen LogP contribution in [-0.4, -0.2) is 9.97 Å². The van der Waals surface area contributed by atoms with Crippen molar-refractivity contribution in [1.29, 1.82) is 0 Å². The van der Waals surface area contributed by atoms with Crippen LogP contribution in [0.25, 0.3) is 66.2 Å².